The summed E-state index contributed by atoms with van der Waals surface area (Å²) < 4.78 is 13.6. The number of halogens is 1. The number of likely N-dealkylation sites (tertiary alicyclic amines) is 2. The van der Waals surface area contributed by atoms with Crippen molar-refractivity contribution in [3.63, 3.8) is 0 Å². The van der Waals surface area contributed by atoms with E-state index in [2.05, 4.69) is 32.2 Å². The first kappa shape index (κ1) is 18.6. The van der Waals surface area contributed by atoms with Crippen molar-refractivity contribution in [1.29, 1.82) is 0 Å². The van der Waals surface area contributed by atoms with Crippen LogP contribution in [0.5, 0.6) is 0 Å². The van der Waals surface area contributed by atoms with Crippen molar-refractivity contribution in [2.75, 3.05) is 31.5 Å². The molecule has 0 spiro atoms. The standard InChI is InChI=1S/C21H25FN5O/c1-23-20-12-15(22)13-27(20)21(28)14-26-10-7-16(8-11-26)25-19-6-2-5-18-17(19)4-3-9-24-18/h1-6,9,15-16,20,25H,7-8,10-14H2/q+1/t15-,20-/m0/s1. The summed E-state index contributed by atoms with van der Waals surface area (Å²) in [6.45, 7) is 7.36. The van der Waals surface area contributed by atoms with Crippen LogP contribution in [0.4, 0.5) is 10.1 Å². The van der Waals surface area contributed by atoms with E-state index in [1.165, 1.54) is 4.90 Å². The van der Waals surface area contributed by atoms with E-state index in [9.17, 15) is 9.18 Å². The number of alkyl halides is 1. The Morgan fingerprint density at radius 2 is 2.11 bits per heavy atom. The van der Waals surface area contributed by atoms with Crippen LogP contribution in [0.15, 0.2) is 36.5 Å². The van der Waals surface area contributed by atoms with Crippen LogP contribution in [0.25, 0.3) is 15.7 Å². The van der Waals surface area contributed by atoms with Crippen molar-refractivity contribution in [1.82, 2.24) is 14.8 Å². The molecule has 2 saturated heterocycles. The summed E-state index contributed by atoms with van der Waals surface area (Å²) in [6.07, 6.45) is 2.33. The first-order chi connectivity index (χ1) is 13.6. The Kier molecular flexibility index (Phi) is 5.40. The molecule has 3 heterocycles. The van der Waals surface area contributed by atoms with E-state index in [0.717, 1.165) is 42.5 Å². The van der Waals surface area contributed by atoms with Gasteiger partial charge in [-0.15, -0.1) is 0 Å². The molecule has 0 radical (unpaired) electrons. The highest BCUT2D eigenvalue weighted by atomic mass is 19.1. The lowest BCUT2D eigenvalue weighted by molar-refractivity contribution is -0.133. The lowest BCUT2D eigenvalue weighted by Crippen LogP contribution is -2.46. The highest BCUT2D eigenvalue weighted by molar-refractivity contribution is 5.91. The first-order valence-corrected chi connectivity index (χ1v) is 9.80. The number of fused-ring (bicyclic) bond motifs is 1. The number of hydrogen-bond donors (Lipinski definition) is 1. The molecular formula is C21H25FN5O+. The fraction of sp³-hybridized carbons (Fsp3) is 0.476. The van der Waals surface area contributed by atoms with Gasteiger partial charge in [-0.25, -0.2) is 4.39 Å². The van der Waals surface area contributed by atoms with Crippen molar-refractivity contribution < 1.29 is 9.18 Å². The van der Waals surface area contributed by atoms with Crippen LogP contribution in [0.1, 0.15) is 19.3 Å². The molecule has 1 aromatic heterocycles. The van der Waals surface area contributed by atoms with Gasteiger partial charge in [0.25, 0.3) is 6.57 Å². The molecule has 2 aliphatic heterocycles. The number of benzene rings is 1. The zero-order valence-electron chi connectivity index (χ0n) is 15.8. The minimum atomic E-state index is -1.04. The lowest BCUT2D eigenvalue weighted by atomic mass is 10.0. The van der Waals surface area contributed by atoms with Crippen molar-refractivity contribution >= 4 is 22.5 Å². The second kappa shape index (κ2) is 8.11. The summed E-state index contributed by atoms with van der Waals surface area (Å²) >= 11 is 0. The number of nitrogens with one attached hydrogen (secondary N) is 1. The van der Waals surface area contributed by atoms with E-state index in [4.69, 9.17) is 6.57 Å². The van der Waals surface area contributed by atoms with E-state index in [0.29, 0.717) is 12.6 Å². The molecule has 1 aromatic carbocycles. The molecule has 146 valence electrons. The van der Waals surface area contributed by atoms with Gasteiger partial charge < -0.3 is 5.32 Å². The number of piperidine rings is 1. The molecule has 1 N–H and O–H groups in total. The Balaban J connectivity index is 1.31. The minimum absolute atomic E-state index is 0.0918. The molecule has 1 amide bonds. The predicted molar refractivity (Wildman–Crippen MR) is 108 cm³/mol. The number of anilines is 1. The van der Waals surface area contributed by atoms with E-state index in [-0.39, 0.29) is 18.9 Å². The Hall–Kier alpha value is -2.72. The average molecular weight is 382 g/mol. The number of carbonyl (C=O) groups is 1. The quantitative estimate of drug-likeness (QED) is 0.883. The zero-order chi connectivity index (χ0) is 19.5. The SMILES string of the molecule is C#[N+][C@@H]1C[C@H](F)CN1C(=O)CN1CCC(Nc2cccc3ncccc23)CC1. The number of amides is 1. The number of carbonyl (C=O) groups excluding carboxylic acids is 1. The number of pyridine rings is 1. The topological polar surface area (TPSA) is 52.8 Å². The van der Waals surface area contributed by atoms with Gasteiger partial charge in [-0.05, 0) is 37.1 Å². The van der Waals surface area contributed by atoms with Crippen LogP contribution in [-0.2, 0) is 4.79 Å². The third-order valence-electron chi connectivity index (χ3n) is 5.67. The Morgan fingerprint density at radius 3 is 2.89 bits per heavy atom. The fourth-order valence-corrected chi connectivity index (χ4v) is 4.14. The largest absolute Gasteiger partial charge is 0.382 e. The number of aromatic nitrogens is 1. The van der Waals surface area contributed by atoms with Crippen molar-refractivity contribution in [2.45, 2.75) is 37.6 Å². The van der Waals surface area contributed by atoms with Crippen molar-refractivity contribution in [3.8, 4) is 6.57 Å². The molecule has 6 nitrogen and oxygen atoms in total. The van der Waals surface area contributed by atoms with E-state index >= 15 is 0 Å². The Labute approximate surface area is 164 Å². The lowest BCUT2D eigenvalue weighted by Gasteiger charge is -2.33. The van der Waals surface area contributed by atoms with Crippen LogP contribution < -0.4 is 5.32 Å². The van der Waals surface area contributed by atoms with Gasteiger partial charge >= 0.3 is 6.17 Å². The highest BCUT2D eigenvalue weighted by Crippen LogP contribution is 2.25. The molecule has 4 rings (SSSR count). The molecule has 2 fully saturated rings. The zero-order valence-corrected chi connectivity index (χ0v) is 15.8. The summed E-state index contributed by atoms with van der Waals surface area (Å²) in [5.41, 5.74) is 2.07. The highest BCUT2D eigenvalue weighted by Gasteiger charge is 2.42. The molecule has 2 atom stereocenters. The predicted octanol–water partition coefficient (Wildman–Crippen LogP) is 2.97. The van der Waals surface area contributed by atoms with Crippen LogP contribution in [-0.4, -0.2) is 65.2 Å². The average Bonchev–Trinajstić information content (AvgIpc) is 3.11. The minimum Gasteiger partial charge on any atom is -0.382 e. The van der Waals surface area contributed by atoms with E-state index < -0.39 is 12.3 Å². The summed E-state index contributed by atoms with van der Waals surface area (Å²) in [5, 5.41) is 4.75. The molecule has 2 aliphatic rings. The molecular weight excluding hydrogens is 357 g/mol. The molecule has 0 aliphatic carbocycles. The monoisotopic (exact) mass is 382 g/mol. The maximum atomic E-state index is 13.6. The third-order valence-corrected chi connectivity index (χ3v) is 5.67. The fourth-order valence-electron chi connectivity index (χ4n) is 4.14. The normalized spacial score (nSPS) is 23.6. The van der Waals surface area contributed by atoms with Crippen LogP contribution in [0.2, 0.25) is 0 Å². The second-order valence-electron chi connectivity index (χ2n) is 7.58. The van der Waals surface area contributed by atoms with E-state index in [1.807, 2.05) is 18.2 Å². The summed E-state index contributed by atoms with van der Waals surface area (Å²) in [6, 6.07) is 10.5. The first-order valence-electron chi connectivity index (χ1n) is 9.80. The molecule has 28 heavy (non-hydrogen) atoms. The second-order valence-corrected chi connectivity index (χ2v) is 7.58. The van der Waals surface area contributed by atoms with E-state index in [1.54, 1.807) is 6.20 Å². The number of hydrogen-bond acceptors (Lipinski definition) is 4. The smallest absolute Gasteiger partial charge is 0.352 e. The molecule has 0 unspecified atom stereocenters. The van der Waals surface area contributed by atoms with Gasteiger partial charge in [0.05, 0.1) is 25.0 Å². The third kappa shape index (κ3) is 3.92. The van der Waals surface area contributed by atoms with Gasteiger partial charge in [-0.2, -0.15) is 0 Å². The number of nitrogens with zero attached hydrogens (tertiary/aromatic N) is 4. The Bertz CT molecular complexity index is 884. The molecule has 0 saturated carbocycles. The van der Waals surface area contributed by atoms with Gasteiger partial charge in [-0.1, -0.05) is 10.9 Å². The molecule has 2 aromatic rings. The maximum Gasteiger partial charge on any atom is 0.352 e. The molecule has 7 heteroatoms. The van der Waals surface area contributed by atoms with Crippen molar-refractivity contribution in [3.05, 3.63) is 41.4 Å². The molecule has 0 bridgehead atoms. The van der Waals surface area contributed by atoms with Gasteiger partial charge in [0.15, 0.2) is 0 Å². The summed E-state index contributed by atoms with van der Waals surface area (Å²) in [7, 11) is 0. The van der Waals surface area contributed by atoms with Gasteiger partial charge in [0.1, 0.15) is 6.17 Å². The van der Waals surface area contributed by atoms with Gasteiger partial charge in [-0.3, -0.25) is 19.6 Å². The van der Waals surface area contributed by atoms with Gasteiger partial charge in [0.2, 0.25) is 5.91 Å². The van der Waals surface area contributed by atoms with Crippen LogP contribution >= 0.6 is 0 Å². The van der Waals surface area contributed by atoms with Gasteiger partial charge in [0, 0.05) is 36.4 Å². The van der Waals surface area contributed by atoms with Crippen molar-refractivity contribution in [2.24, 2.45) is 0 Å². The summed E-state index contributed by atoms with van der Waals surface area (Å²) in [5.74, 6) is -0.0918. The summed E-state index contributed by atoms with van der Waals surface area (Å²) in [4.78, 5) is 24.2. The Morgan fingerprint density at radius 1 is 1.29 bits per heavy atom. The van der Waals surface area contributed by atoms with Crippen LogP contribution in [0, 0.1) is 6.57 Å². The van der Waals surface area contributed by atoms with Crippen LogP contribution in [0.3, 0.4) is 0 Å². The number of rotatable bonds is 4. The maximum absolute atomic E-state index is 13.6.